The van der Waals surface area contributed by atoms with Gasteiger partial charge >= 0.3 is 5.97 Å². The van der Waals surface area contributed by atoms with Crippen LogP contribution in [0.25, 0.3) is 10.4 Å². The molecule has 2 fully saturated rings. The third-order valence-corrected chi connectivity index (χ3v) is 8.69. The Kier molecular flexibility index (Phi) is 6.26. The molecule has 2 N–H and O–H groups in total. The molecule has 0 spiro atoms. The van der Waals surface area contributed by atoms with E-state index < -0.39 is 16.0 Å². The summed E-state index contributed by atoms with van der Waals surface area (Å²) >= 11 is 7.81. The second kappa shape index (κ2) is 9.20. The van der Waals surface area contributed by atoms with Gasteiger partial charge < -0.3 is 9.84 Å². The molecule has 0 atom stereocenters. The Morgan fingerprint density at radius 1 is 1.12 bits per heavy atom. The second-order valence-electron chi connectivity index (χ2n) is 8.67. The summed E-state index contributed by atoms with van der Waals surface area (Å²) in [5.41, 5.74) is 1.46. The first-order chi connectivity index (χ1) is 16.3. The minimum atomic E-state index is -4.11. The van der Waals surface area contributed by atoms with E-state index in [9.17, 15) is 18.3 Å². The summed E-state index contributed by atoms with van der Waals surface area (Å²) in [7, 11) is -4.11. The Bertz CT molecular complexity index is 1330. The molecule has 1 aromatic heterocycles. The Labute approximate surface area is 207 Å². The van der Waals surface area contributed by atoms with Crippen molar-refractivity contribution in [1.29, 1.82) is 0 Å². The third-order valence-electron chi connectivity index (χ3n) is 6.18. The van der Waals surface area contributed by atoms with Gasteiger partial charge in [0.05, 0.1) is 32.2 Å². The molecule has 0 amide bonds. The lowest BCUT2D eigenvalue weighted by Gasteiger charge is -2.20. The molecule has 0 unspecified atom stereocenters. The highest BCUT2D eigenvalue weighted by atomic mass is 35.5. The van der Waals surface area contributed by atoms with Crippen molar-refractivity contribution in [1.82, 2.24) is 4.37 Å². The van der Waals surface area contributed by atoms with Crippen LogP contribution in [0.1, 0.15) is 60.4 Å². The van der Waals surface area contributed by atoms with E-state index in [0.717, 1.165) is 43.4 Å². The Balaban J connectivity index is 1.58. The van der Waals surface area contributed by atoms with E-state index in [1.54, 1.807) is 24.4 Å². The number of anilines is 1. The highest BCUT2D eigenvalue weighted by Gasteiger charge is 2.32. The lowest BCUT2D eigenvalue weighted by molar-refractivity contribution is 0.0696. The molecule has 34 heavy (non-hydrogen) atoms. The van der Waals surface area contributed by atoms with Crippen molar-refractivity contribution >= 4 is 44.8 Å². The van der Waals surface area contributed by atoms with Gasteiger partial charge in [0.15, 0.2) is 0 Å². The summed E-state index contributed by atoms with van der Waals surface area (Å²) in [6.07, 6.45) is 7.31. The van der Waals surface area contributed by atoms with Gasteiger partial charge in [-0.15, -0.1) is 0 Å². The number of carbonyl (C=O) groups is 1. The molecule has 2 saturated carbocycles. The molecule has 178 valence electrons. The van der Waals surface area contributed by atoms with E-state index in [1.807, 2.05) is 6.07 Å². The van der Waals surface area contributed by atoms with Gasteiger partial charge in [-0.3, -0.25) is 4.72 Å². The van der Waals surface area contributed by atoms with Crippen molar-refractivity contribution in [2.24, 2.45) is 0 Å². The Hall–Kier alpha value is -2.62. The lowest BCUT2D eigenvalue weighted by Crippen LogP contribution is -2.18. The Morgan fingerprint density at radius 2 is 1.88 bits per heavy atom. The van der Waals surface area contributed by atoms with Crippen LogP contribution in [0.4, 0.5) is 5.69 Å². The van der Waals surface area contributed by atoms with Crippen molar-refractivity contribution < 1.29 is 23.1 Å². The van der Waals surface area contributed by atoms with Crippen LogP contribution in [0, 0.1) is 0 Å². The lowest BCUT2D eigenvalue weighted by atomic mass is 10.1. The molecule has 2 aliphatic rings. The van der Waals surface area contributed by atoms with E-state index in [0.29, 0.717) is 21.9 Å². The predicted octanol–water partition coefficient (Wildman–Crippen LogP) is 6.16. The summed E-state index contributed by atoms with van der Waals surface area (Å²) in [6, 6.07) is 9.40. The number of benzene rings is 2. The number of hydrogen-bond donors (Lipinski definition) is 2. The van der Waals surface area contributed by atoms with Crippen LogP contribution in [0.3, 0.4) is 0 Å². The number of ether oxygens (including phenoxy) is 1. The normalized spacial score (nSPS) is 16.5. The fraction of sp³-hybridized carbons (Fsp3) is 0.333. The van der Waals surface area contributed by atoms with Crippen LogP contribution < -0.4 is 9.46 Å². The van der Waals surface area contributed by atoms with Crippen LogP contribution in [0.15, 0.2) is 47.5 Å². The number of rotatable bonds is 8. The summed E-state index contributed by atoms with van der Waals surface area (Å²) in [4.78, 5) is 12.3. The van der Waals surface area contributed by atoms with E-state index >= 15 is 0 Å². The van der Waals surface area contributed by atoms with Gasteiger partial charge in [0.1, 0.15) is 5.75 Å². The molecule has 0 bridgehead atoms. The van der Waals surface area contributed by atoms with Crippen molar-refractivity contribution in [3.63, 3.8) is 0 Å². The molecule has 0 saturated heterocycles. The van der Waals surface area contributed by atoms with Crippen LogP contribution in [-0.4, -0.2) is 30.0 Å². The molecule has 0 aliphatic heterocycles. The number of aromatic carboxylic acids is 1. The highest BCUT2D eigenvalue weighted by molar-refractivity contribution is 7.92. The standard InChI is InChI=1S/C24H23ClN2O5S2/c25-19-13-21(32-16-3-1-2-4-16)20(12-18(19)22-9-10-26-33-22)27-34(30,31)23-11-15(24(28)29)7-8-17(23)14-5-6-14/h7-14,16,27H,1-6H2,(H,28,29). The first-order valence-electron chi connectivity index (χ1n) is 11.1. The number of hydrogen-bond acceptors (Lipinski definition) is 6. The van der Waals surface area contributed by atoms with Crippen LogP contribution in [0.2, 0.25) is 5.02 Å². The molecule has 2 aromatic carbocycles. The monoisotopic (exact) mass is 518 g/mol. The molecule has 3 aromatic rings. The molecule has 2 aliphatic carbocycles. The average Bonchev–Trinajstić information content (AvgIpc) is 3.26. The maximum Gasteiger partial charge on any atom is 0.335 e. The van der Waals surface area contributed by atoms with Gasteiger partial charge in [-0.05, 0) is 85.8 Å². The molecule has 1 heterocycles. The Morgan fingerprint density at radius 3 is 2.53 bits per heavy atom. The molecule has 7 nitrogen and oxygen atoms in total. The number of aromatic nitrogens is 1. The highest BCUT2D eigenvalue weighted by Crippen LogP contribution is 2.45. The molecular formula is C24H23ClN2O5S2. The summed E-state index contributed by atoms with van der Waals surface area (Å²) in [5.74, 6) is -0.708. The average molecular weight is 519 g/mol. The van der Waals surface area contributed by atoms with E-state index in [1.165, 1.54) is 23.7 Å². The zero-order chi connectivity index (χ0) is 23.9. The minimum Gasteiger partial charge on any atom is -0.488 e. The first-order valence-corrected chi connectivity index (χ1v) is 13.8. The van der Waals surface area contributed by atoms with Gasteiger partial charge in [-0.25, -0.2) is 17.6 Å². The first kappa shape index (κ1) is 23.1. The number of nitrogens with one attached hydrogen (secondary N) is 1. The van der Waals surface area contributed by atoms with Gasteiger partial charge in [-0.2, -0.15) is 0 Å². The van der Waals surface area contributed by atoms with Gasteiger partial charge in [0.25, 0.3) is 10.0 Å². The number of nitrogens with zero attached hydrogens (tertiary/aromatic N) is 1. The summed E-state index contributed by atoms with van der Waals surface area (Å²) < 4.78 is 40.2. The van der Waals surface area contributed by atoms with E-state index in [2.05, 4.69) is 9.10 Å². The second-order valence-corrected chi connectivity index (χ2v) is 11.6. The summed E-state index contributed by atoms with van der Waals surface area (Å²) in [5, 5.41) is 9.87. The minimum absolute atomic E-state index is 0.00839. The maximum absolute atomic E-state index is 13.6. The zero-order valence-electron chi connectivity index (χ0n) is 18.2. The number of sulfonamides is 1. The van der Waals surface area contributed by atoms with Crippen molar-refractivity contribution in [3.8, 4) is 16.2 Å². The van der Waals surface area contributed by atoms with Crippen molar-refractivity contribution in [2.45, 2.75) is 55.4 Å². The van der Waals surface area contributed by atoms with Crippen LogP contribution >= 0.6 is 23.1 Å². The van der Waals surface area contributed by atoms with Crippen molar-refractivity contribution in [2.75, 3.05) is 4.72 Å². The topological polar surface area (TPSA) is 106 Å². The fourth-order valence-corrected chi connectivity index (χ4v) is 6.61. The molecule has 0 radical (unpaired) electrons. The summed E-state index contributed by atoms with van der Waals surface area (Å²) in [6.45, 7) is 0. The van der Waals surface area contributed by atoms with E-state index in [-0.39, 0.29) is 28.2 Å². The fourth-order valence-electron chi connectivity index (χ4n) is 4.29. The number of carboxylic acid groups (broad SMARTS) is 1. The number of carboxylic acids is 1. The third kappa shape index (κ3) is 4.78. The van der Waals surface area contributed by atoms with Gasteiger partial charge in [0, 0.05) is 17.8 Å². The van der Waals surface area contributed by atoms with Crippen LogP contribution in [0.5, 0.6) is 5.75 Å². The molecule has 10 heteroatoms. The quantitative estimate of drug-likeness (QED) is 0.370. The molecular weight excluding hydrogens is 496 g/mol. The van der Waals surface area contributed by atoms with Gasteiger partial charge in [0.2, 0.25) is 0 Å². The zero-order valence-corrected chi connectivity index (χ0v) is 20.5. The van der Waals surface area contributed by atoms with Gasteiger partial charge in [-0.1, -0.05) is 17.7 Å². The van der Waals surface area contributed by atoms with Crippen molar-refractivity contribution in [3.05, 3.63) is 58.7 Å². The van der Waals surface area contributed by atoms with E-state index in [4.69, 9.17) is 16.3 Å². The smallest absolute Gasteiger partial charge is 0.335 e. The maximum atomic E-state index is 13.6. The molecule has 5 rings (SSSR count). The number of halogens is 1. The SMILES string of the molecule is O=C(O)c1ccc(C2CC2)c(S(=O)(=O)Nc2cc(-c3ccns3)c(Cl)cc2OC2CCCC2)c1. The van der Waals surface area contributed by atoms with Crippen LogP contribution in [-0.2, 0) is 10.0 Å². The largest absolute Gasteiger partial charge is 0.488 e. The predicted molar refractivity (Wildman–Crippen MR) is 132 cm³/mol.